The number of carbonyl (C=O) groups is 2. The maximum atomic E-state index is 13.1. The molecule has 6 heteroatoms. The lowest BCUT2D eigenvalue weighted by Gasteiger charge is -2.21. The average Bonchev–Trinajstić information content (AvgIpc) is 2.49. The zero-order chi connectivity index (χ0) is 17.0. The number of nitrogens with one attached hydrogen (secondary N) is 1. The number of anilines is 2. The number of hydrogen-bond donors (Lipinski definition) is 1. The van der Waals surface area contributed by atoms with Gasteiger partial charge in [-0.25, -0.2) is 4.39 Å². The fraction of sp³-hybridized carbons (Fsp3) is 0.176. The standard InChI is InChI=1S/C17H16ClFN2O2/c1-11-3-6-14(7-4-11)21(12(2)22)10-17(23)20-13-5-8-16(19)15(18)9-13/h3-9H,10H2,1-2H3,(H,20,23). The molecule has 4 nitrogen and oxygen atoms in total. The maximum absolute atomic E-state index is 13.1. The zero-order valence-corrected chi connectivity index (χ0v) is 13.5. The molecule has 0 aliphatic carbocycles. The van der Waals surface area contributed by atoms with Gasteiger partial charge in [-0.05, 0) is 37.3 Å². The predicted octanol–water partition coefficient (Wildman–Crippen LogP) is 3.78. The first-order valence-corrected chi connectivity index (χ1v) is 7.34. The highest BCUT2D eigenvalue weighted by Crippen LogP contribution is 2.20. The number of nitrogens with zero attached hydrogens (tertiary/aromatic N) is 1. The molecule has 0 radical (unpaired) electrons. The van der Waals surface area contributed by atoms with E-state index in [1.54, 1.807) is 12.1 Å². The first-order chi connectivity index (χ1) is 10.9. The average molecular weight is 335 g/mol. The van der Waals surface area contributed by atoms with Crippen molar-refractivity contribution in [2.45, 2.75) is 13.8 Å². The summed E-state index contributed by atoms with van der Waals surface area (Å²) in [5, 5.41) is 2.51. The van der Waals surface area contributed by atoms with Crippen LogP contribution in [0.1, 0.15) is 12.5 Å². The predicted molar refractivity (Wildman–Crippen MR) is 89.2 cm³/mol. The van der Waals surface area contributed by atoms with Crippen molar-refractivity contribution in [2.24, 2.45) is 0 Å². The summed E-state index contributed by atoms with van der Waals surface area (Å²) in [6, 6.07) is 11.2. The Morgan fingerprint density at radius 3 is 2.39 bits per heavy atom. The highest BCUT2D eigenvalue weighted by Gasteiger charge is 2.16. The Bertz CT molecular complexity index is 732. The van der Waals surface area contributed by atoms with Crippen molar-refractivity contribution < 1.29 is 14.0 Å². The van der Waals surface area contributed by atoms with Crippen LogP contribution in [0, 0.1) is 12.7 Å². The Balaban J connectivity index is 2.10. The van der Waals surface area contributed by atoms with Crippen LogP contribution in [0.5, 0.6) is 0 Å². The fourth-order valence-electron chi connectivity index (χ4n) is 2.03. The van der Waals surface area contributed by atoms with Crippen molar-refractivity contribution in [2.75, 3.05) is 16.8 Å². The van der Waals surface area contributed by atoms with Gasteiger partial charge in [0.1, 0.15) is 12.4 Å². The minimum atomic E-state index is -0.560. The minimum Gasteiger partial charge on any atom is -0.324 e. The molecule has 0 saturated heterocycles. The molecule has 0 spiro atoms. The second-order valence-corrected chi connectivity index (χ2v) is 5.52. The van der Waals surface area contributed by atoms with Crippen molar-refractivity contribution in [3.63, 3.8) is 0 Å². The van der Waals surface area contributed by atoms with Crippen LogP contribution in [0.3, 0.4) is 0 Å². The molecular formula is C17H16ClFN2O2. The zero-order valence-electron chi connectivity index (χ0n) is 12.8. The molecule has 0 aliphatic heterocycles. The van der Waals surface area contributed by atoms with Crippen LogP contribution in [0.25, 0.3) is 0 Å². The molecule has 23 heavy (non-hydrogen) atoms. The van der Waals surface area contributed by atoms with Gasteiger partial charge < -0.3 is 10.2 Å². The van der Waals surface area contributed by atoms with Gasteiger partial charge >= 0.3 is 0 Å². The van der Waals surface area contributed by atoms with Crippen LogP contribution in [-0.4, -0.2) is 18.4 Å². The third kappa shape index (κ3) is 4.53. The Morgan fingerprint density at radius 1 is 1.17 bits per heavy atom. The van der Waals surface area contributed by atoms with E-state index in [4.69, 9.17) is 11.6 Å². The number of benzene rings is 2. The molecule has 2 amide bonds. The molecule has 2 aromatic carbocycles. The summed E-state index contributed by atoms with van der Waals surface area (Å²) in [5.74, 6) is -1.21. The van der Waals surface area contributed by atoms with Crippen molar-refractivity contribution in [3.8, 4) is 0 Å². The summed E-state index contributed by atoms with van der Waals surface area (Å²) in [7, 11) is 0. The van der Waals surface area contributed by atoms with Crippen LogP contribution in [0.4, 0.5) is 15.8 Å². The SMILES string of the molecule is CC(=O)N(CC(=O)Nc1ccc(F)c(Cl)c1)c1ccc(C)cc1. The van der Waals surface area contributed by atoms with Gasteiger partial charge in [-0.1, -0.05) is 29.3 Å². The van der Waals surface area contributed by atoms with Crippen LogP contribution in [-0.2, 0) is 9.59 Å². The van der Waals surface area contributed by atoms with Gasteiger partial charge in [-0.2, -0.15) is 0 Å². The smallest absolute Gasteiger partial charge is 0.244 e. The third-order valence-corrected chi connectivity index (χ3v) is 3.52. The fourth-order valence-corrected chi connectivity index (χ4v) is 2.21. The Morgan fingerprint density at radius 2 is 1.83 bits per heavy atom. The summed E-state index contributed by atoms with van der Waals surface area (Å²) >= 11 is 5.67. The van der Waals surface area contributed by atoms with Crippen LogP contribution in [0.15, 0.2) is 42.5 Å². The summed E-state index contributed by atoms with van der Waals surface area (Å²) in [5.41, 5.74) is 2.06. The molecule has 0 atom stereocenters. The van der Waals surface area contributed by atoms with Gasteiger partial charge in [-0.15, -0.1) is 0 Å². The molecule has 0 aliphatic rings. The lowest BCUT2D eigenvalue weighted by atomic mass is 10.2. The minimum absolute atomic E-state index is 0.0789. The van der Waals surface area contributed by atoms with Gasteiger partial charge in [0.25, 0.3) is 0 Å². The van der Waals surface area contributed by atoms with E-state index in [2.05, 4.69) is 5.32 Å². The molecule has 0 aromatic heterocycles. The summed E-state index contributed by atoms with van der Waals surface area (Å²) in [6.07, 6.45) is 0. The van der Waals surface area contributed by atoms with Gasteiger partial charge in [0.05, 0.1) is 5.02 Å². The van der Waals surface area contributed by atoms with Crippen molar-refractivity contribution in [3.05, 3.63) is 58.9 Å². The van der Waals surface area contributed by atoms with Crippen molar-refractivity contribution in [1.29, 1.82) is 0 Å². The van der Waals surface area contributed by atoms with E-state index in [1.807, 2.05) is 19.1 Å². The van der Waals surface area contributed by atoms with Crippen LogP contribution < -0.4 is 10.2 Å². The molecule has 0 saturated carbocycles. The van der Waals surface area contributed by atoms with E-state index >= 15 is 0 Å². The molecule has 0 bridgehead atoms. The van der Waals surface area contributed by atoms with Gasteiger partial charge in [0.15, 0.2) is 0 Å². The van der Waals surface area contributed by atoms with E-state index in [1.165, 1.54) is 30.0 Å². The number of carbonyl (C=O) groups excluding carboxylic acids is 2. The van der Waals surface area contributed by atoms with E-state index in [0.717, 1.165) is 5.56 Å². The number of hydrogen-bond acceptors (Lipinski definition) is 2. The summed E-state index contributed by atoms with van der Waals surface area (Å²) in [4.78, 5) is 25.3. The first kappa shape index (κ1) is 17.0. The van der Waals surface area contributed by atoms with E-state index < -0.39 is 11.7 Å². The van der Waals surface area contributed by atoms with Crippen LogP contribution >= 0.6 is 11.6 Å². The molecule has 1 N–H and O–H groups in total. The lowest BCUT2D eigenvalue weighted by molar-refractivity contribution is -0.120. The summed E-state index contributed by atoms with van der Waals surface area (Å²) in [6.45, 7) is 3.18. The Hall–Kier alpha value is -2.40. The normalized spacial score (nSPS) is 10.3. The molecule has 2 rings (SSSR count). The molecule has 120 valence electrons. The highest BCUT2D eigenvalue weighted by molar-refractivity contribution is 6.31. The monoisotopic (exact) mass is 334 g/mol. The van der Waals surface area contributed by atoms with E-state index in [9.17, 15) is 14.0 Å². The quantitative estimate of drug-likeness (QED) is 0.925. The van der Waals surface area contributed by atoms with Crippen molar-refractivity contribution in [1.82, 2.24) is 0 Å². The van der Waals surface area contributed by atoms with E-state index in [0.29, 0.717) is 11.4 Å². The maximum Gasteiger partial charge on any atom is 0.244 e. The molecule has 0 unspecified atom stereocenters. The molecular weight excluding hydrogens is 319 g/mol. The molecule has 2 aromatic rings. The largest absolute Gasteiger partial charge is 0.324 e. The topological polar surface area (TPSA) is 49.4 Å². The lowest BCUT2D eigenvalue weighted by Crippen LogP contribution is -2.36. The van der Waals surface area contributed by atoms with Gasteiger partial charge in [0.2, 0.25) is 11.8 Å². The summed E-state index contributed by atoms with van der Waals surface area (Å²) < 4.78 is 13.1. The van der Waals surface area contributed by atoms with Crippen molar-refractivity contribution >= 4 is 34.8 Å². The number of halogens is 2. The highest BCUT2D eigenvalue weighted by atomic mass is 35.5. The Labute approximate surface area is 138 Å². The number of rotatable bonds is 4. The second-order valence-electron chi connectivity index (χ2n) is 5.12. The Kier molecular flexibility index (Phi) is 5.34. The van der Waals surface area contributed by atoms with Gasteiger partial charge in [0, 0.05) is 18.3 Å². The van der Waals surface area contributed by atoms with E-state index in [-0.39, 0.29) is 17.5 Å². The number of amides is 2. The first-order valence-electron chi connectivity index (χ1n) is 6.96. The second kappa shape index (κ2) is 7.24. The van der Waals surface area contributed by atoms with Gasteiger partial charge in [-0.3, -0.25) is 9.59 Å². The number of aryl methyl sites for hydroxylation is 1. The van der Waals surface area contributed by atoms with Crippen LogP contribution in [0.2, 0.25) is 5.02 Å². The molecule has 0 fully saturated rings. The third-order valence-electron chi connectivity index (χ3n) is 3.23. The molecule has 0 heterocycles.